The zero-order valence-electron chi connectivity index (χ0n) is 8.84. The fourth-order valence-corrected chi connectivity index (χ4v) is 1.99. The Morgan fingerprint density at radius 3 is 2.53 bits per heavy atom. The van der Waals surface area contributed by atoms with E-state index < -0.39 is 0 Å². The van der Waals surface area contributed by atoms with Crippen LogP contribution >= 0.6 is 11.6 Å². The average Bonchev–Trinajstić information content (AvgIpc) is 2.40. The van der Waals surface area contributed by atoms with E-state index in [2.05, 4.69) is 15.0 Å². The van der Waals surface area contributed by atoms with Crippen molar-refractivity contribution in [2.75, 3.05) is 0 Å². The fraction of sp³-hybridized carbons (Fsp3) is 0. The minimum Gasteiger partial charge on any atom is -0.265 e. The molecule has 0 atom stereocenters. The lowest BCUT2D eigenvalue weighted by Crippen LogP contribution is -1.87. The number of pyridine rings is 3. The van der Waals surface area contributed by atoms with Crippen LogP contribution in [0.4, 0.5) is 0 Å². The van der Waals surface area contributed by atoms with Crippen molar-refractivity contribution in [3.05, 3.63) is 54.2 Å². The minimum atomic E-state index is 0.497. The van der Waals surface area contributed by atoms with Crippen LogP contribution in [0.3, 0.4) is 0 Å². The highest BCUT2D eigenvalue weighted by atomic mass is 35.5. The van der Waals surface area contributed by atoms with Gasteiger partial charge in [0.25, 0.3) is 0 Å². The Morgan fingerprint density at radius 2 is 1.71 bits per heavy atom. The van der Waals surface area contributed by atoms with Gasteiger partial charge in [-0.2, -0.15) is 0 Å². The predicted octanol–water partition coefficient (Wildman–Crippen LogP) is 3.35. The molecule has 0 N–H and O–H groups in total. The maximum atomic E-state index is 6.16. The van der Waals surface area contributed by atoms with Crippen LogP contribution in [0.2, 0.25) is 5.15 Å². The van der Waals surface area contributed by atoms with Gasteiger partial charge in [-0.15, -0.1) is 0 Å². The highest BCUT2D eigenvalue weighted by Gasteiger charge is 2.05. The van der Waals surface area contributed by atoms with Crippen LogP contribution in [0.15, 0.2) is 49.1 Å². The molecule has 17 heavy (non-hydrogen) atoms. The lowest BCUT2D eigenvalue weighted by Gasteiger charge is -2.04. The van der Waals surface area contributed by atoms with Crippen molar-refractivity contribution < 1.29 is 0 Å². The first-order valence-corrected chi connectivity index (χ1v) is 5.53. The molecular formula is C13H8ClN3. The van der Waals surface area contributed by atoms with Gasteiger partial charge < -0.3 is 0 Å². The molecule has 0 amide bonds. The second kappa shape index (κ2) is 4.11. The van der Waals surface area contributed by atoms with E-state index in [4.69, 9.17) is 11.6 Å². The van der Waals surface area contributed by atoms with Gasteiger partial charge in [0.15, 0.2) is 0 Å². The third-order valence-corrected chi connectivity index (χ3v) is 2.85. The molecule has 3 nitrogen and oxygen atoms in total. The summed E-state index contributed by atoms with van der Waals surface area (Å²) in [6.07, 6.45) is 6.96. The van der Waals surface area contributed by atoms with E-state index in [-0.39, 0.29) is 0 Å². The number of hydrogen-bond donors (Lipinski definition) is 0. The molecule has 0 aromatic carbocycles. The molecule has 0 fully saturated rings. The van der Waals surface area contributed by atoms with E-state index in [9.17, 15) is 0 Å². The predicted molar refractivity (Wildman–Crippen MR) is 67.8 cm³/mol. The summed E-state index contributed by atoms with van der Waals surface area (Å²) >= 11 is 6.16. The van der Waals surface area contributed by atoms with Crippen molar-refractivity contribution in [2.24, 2.45) is 0 Å². The second-order valence-corrected chi connectivity index (χ2v) is 3.99. The lowest BCUT2D eigenvalue weighted by molar-refractivity contribution is 1.29. The zero-order valence-corrected chi connectivity index (χ0v) is 9.59. The van der Waals surface area contributed by atoms with Crippen molar-refractivity contribution in [1.29, 1.82) is 0 Å². The maximum Gasteiger partial charge on any atom is 0.137 e. The quantitative estimate of drug-likeness (QED) is 0.614. The highest BCUT2D eigenvalue weighted by molar-refractivity contribution is 6.34. The Kier molecular flexibility index (Phi) is 2.46. The van der Waals surface area contributed by atoms with E-state index in [1.165, 1.54) is 0 Å². The van der Waals surface area contributed by atoms with Crippen LogP contribution < -0.4 is 0 Å². The van der Waals surface area contributed by atoms with Crippen LogP contribution in [0, 0.1) is 0 Å². The first-order chi connectivity index (χ1) is 8.34. The summed E-state index contributed by atoms with van der Waals surface area (Å²) in [4.78, 5) is 12.5. The Bertz CT molecular complexity index is 668. The van der Waals surface area contributed by atoms with Gasteiger partial charge in [0, 0.05) is 41.1 Å². The maximum absolute atomic E-state index is 6.16. The van der Waals surface area contributed by atoms with Crippen LogP contribution in [0.5, 0.6) is 0 Å². The van der Waals surface area contributed by atoms with E-state index in [0.717, 1.165) is 22.0 Å². The normalized spacial score (nSPS) is 10.6. The summed E-state index contributed by atoms with van der Waals surface area (Å²) in [5.41, 5.74) is 1.82. The third kappa shape index (κ3) is 1.85. The molecule has 3 rings (SSSR count). The highest BCUT2D eigenvalue weighted by Crippen LogP contribution is 2.26. The monoisotopic (exact) mass is 241 g/mol. The largest absolute Gasteiger partial charge is 0.265 e. The molecule has 0 saturated carbocycles. The molecule has 3 aromatic heterocycles. The summed E-state index contributed by atoms with van der Waals surface area (Å²) in [6.45, 7) is 0. The van der Waals surface area contributed by atoms with Crippen molar-refractivity contribution in [3.8, 4) is 11.3 Å². The molecule has 0 unspecified atom stereocenters. The molecule has 0 aliphatic carbocycles. The Labute approximate surface area is 103 Å². The van der Waals surface area contributed by atoms with Crippen molar-refractivity contribution in [3.63, 3.8) is 0 Å². The van der Waals surface area contributed by atoms with Crippen LogP contribution in [0.1, 0.15) is 0 Å². The number of nitrogens with zero attached hydrogens (tertiary/aromatic N) is 3. The Balaban J connectivity index is 2.26. The van der Waals surface area contributed by atoms with Crippen LogP contribution in [0.25, 0.3) is 22.0 Å². The molecule has 3 aromatic rings. The molecule has 0 radical (unpaired) electrons. The standard InChI is InChI=1S/C13H8ClN3/c14-13-11-3-6-16-8-10(11)7-12(17-13)9-1-4-15-5-2-9/h1-8H. The first-order valence-electron chi connectivity index (χ1n) is 5.15. The van der Waals surface area contributed by atoms with Gasteiger partial charge in [0.05, 0.1) is 5.69 Å². The van der Waals surface area contributed by atoms with Gasteiger partial charge in [-0.1, -0.05) is 11.6 Å². The van der Waals surface area contributed by atoms with Crippen LogP contribution in [-0.2, 0) is 0 Å². The number of fused-ring (bicyclic) bond motifs is 1. The fourth-order valence-electron chi connectivity index (χ4n) is 1.73. The molecule has 82 valence electrons. The Hall–Kier alpha value is -2.00. The van der Waals surface area contributed by atoms with Gasteiger partial charge in [-0.25, -0.2) is 4.98 Å². The number of aromatic nitrogens is 3. The minimum absolute atomic E-state index is 0.497. The number of halogens is 1. The molecule has 3 heterocycles. The molecule has 0 aliphatic heterocycles. The van der Waals surface area contributed by atoms with Gasteiger partial charge in [-0.05, 0) is 24.3 Å². The lowest BCUT2D eigenvalue weighted by atomic mass is 10.1. The summed E-state index contributed by atoms with van der Waals surface area (Å²) in [5.74, 6) is 0. The molecule has 0 bridgehead atoms. The van der Waals surface area contributed by atoms with E-state index in [0.29, 0.717) is 5.15 Å². The smallest absolute Gasteiger partial charge is 0.137 e. The van der Waals surface area contributed by atoms with Gasteiger partial charge in [0.2, 0.25) is 0 Å². The number of rotatable bonds is 1. The SMILES string of the molecule is Clc1nc(-c2ccncc2)cc2cnccc12. The molecular weight excluding hydrogens is 234 g/mol. The van der Waals surface area contributed by atoms with E-state index >= 15 is 0 Å². The van der Waals surface area contributed by atoms with Gasteiger partial charge >= 0.3 is 0 Å². The zero-order chi connectivity index (χ0) is 11.7. The first kappa shape index (κ1) is 10.2. The summed E-state index contributed by atoms with van der Waals surface area (Å²) in [5, 5.41) is 2.40. The van der Waals surface area contributed by atoms with Gasteiger partial charge in [0.1, 0.15) is 5.15 Å². The van der Waals surface area contributed by atoms with Crippen LogP contribution in [-0.4, -0.2) is 15.0 Å². The van der Waals surface area contributed by atoms with Crippen molar-refractivity contribution >= 4 is 22.4 Å². The molecule has 0 aliphatic rings. The van der Waals surface area contributed by atoms with Crippen molar-refractivity contribution in [2.45, 2.75) is 0 Å². The van der Waals surface area contributed by atoms with Crippen molar-refractivity contribution in [1.82, 2.24) is 15.0 Å². The number of hydrogen-bond acceptors (Lipinski definition) is 3. The third-order valence-electron chi connectivity index (χ3n) is 2.56. The van der Waals surface area contributed by atoms with E-state index in [1.54, 1.807) is 24.8 Å². The molecule has 0 spiro atoms. The molecule has 4 heteroatoms. The van der Waals surface area contributed by atoms with Gasteiger partial charge in [-0.3, -0.25) is 9.97 Å². The topological polar surface area (TPSA) is 38.7 Å². The average molecular weight is 242 g/mol. The molecule has 0 saturated heterocycles. The summed E-state index contributed by atoms with van der Waals surface area (Å²) in [6, 6.07) is 7.65. The Morgan fingerprint density at radius 1 is 0.941 bits per heavy atom. The summed E-state index contributed by atoms with van der Waals surface area (Å²) < 4.78 is 0. The summed E-state index contributed by atoms with van der Waals surface area (Å²) in [7, 11) is 0. The van der Waals surface area contributed by atoms with E-state index in [1.807, 2.05) is 24.3 Å². The second-order valence-electron chi connectivity index (χ2n) is 3.63.